The van der Waals surface area contributed by atoms with Gasteiger partial charge < -0.3 is 4.74 Å². The standard InChI is InChI=1S/C28H20ClNO4/c1-15-7-12-19-21-14-20(16-5-3-2-4-6-16)23-25(24(21)28(33)34-22(19)13-15)27(32)30(26(23)31)18-10-8-17(29)9-11-18/h2-14,20,23-25H,1H3/t20-,23+,24-,25-/m1/s1. The molecule has 3 aromatic carbocycles. The molecule has 4 atom stereocenters. The Morgan fingerprint density at radius 2 is 1.56 bits per heavy atom. The molecule has 5 nitrogen and oxygen atoms in total. The Kier molecular flexibility index (Phi) is 4.71. The van der Waals surface area contributed by atoms with Gasteiger partial charge in [0.25, 0.3) is 0 Å². The number of rotatable bonds is 2. The second-order valence-electron chi connectivity index (χ2n) is 9.00. The van der Waals surface area contributed by atoms with Gasteiger partial charge in [-0.15, -0.1) is 0 Å². The average Bonchev–Trinajstić information content (AvgIpc) is 3.10. The first-order valence-corrected chi connectivity index (χ1v) is 11.5. The number of imide groups is 1. The third kappa shape index (κ3) is 3.04. The highest BCUT2D eigenvalue weighted by atomic mass is 35.5. The minimum Gasteiger partial charge on any atom is -0.425 e. The van der Waals surface area contributed by atoms with E-state index in [1.165, 1.54) is 4.90 Å². The van der Waals surface area contributed by atoms with Crippen LogP contribution in [0, 0.1) is 24.7 Å². The molecule has 0 spiro atoms. The summed E-state index contributed by atoms with van der Waals surface area (Å²) in [5.41, 5.74) is 3.89. The van der Waals surface area contributed by atoms with Crippen LogP contribution in [-0.4, -0.2) is 17.8 Å². The first kappa shape index (κ1) is 20.9. The Hall–Kier alpha value is -3.70. The number of ether oxygens (including phenoxy) is 1. The van der Waals surface area contributed by atoms with Crippen molar-refractivity contribution >= 4 is 40.6 Å². The molecule has 0 unspecified atom stereocenters. The third-order valence-corrected chi connectivity index (χ3v) is 7.27. The fourth-order valence-electron chi connectivity index (χ4n) is 5.51. The summed E-state index contributed by atoms with van der Waals surface area (Å²) in [6.07, 6.45) is 1.99. The van der Waals surface area contributed by atoms with Gasteiger partial charge in [-0.1, -0.05) is 60.1 Å². The molecule has 0 N–H and O–H groups in total. The van der Waals surface area contributed by atoms with Gasteiger partial charge in [0.1, 0.15) is 5.75 Å². The van der Waals surface area contributed by atoms with Gasteiger partial charge in [0.2, 0.25) is 11.8 Å². The number of anilines is 1. The molecule has 1 aliphatic carbocycles. The number of halogens is 1. The molecule has 0 bridgehead atoms. The lowest BCUT2D eigenvalue weighted by Crippen LogP contribution is -2.42. The Morgan fingerprint density at radius 1 is 0.853 bits per heavy atom. The second-order valence-corrected chi connectivity index (χ2v) is 9.43. The van der Waals surface area contributed by atoms with E-state index in [1.54, 1.807) is 24.3 Å². The van der Waals surface area contributed by atoms with Crippen LogP contribution in [0.15, 0.2) is 78.9 Å². The zero-order valence-electron chi connectivity index (χ0n) is 18.3. The van der Waals surface area contributed by atoms with Gasteiger partial charge in [-0.25, -0.2) is 4.90 Å². The predicted molar refractivity (Wildman–Crippen MR) is 128 cm³/mol. The summed E-state index contributed by atoms with van der Waals surface area (Å²) >= 11 is 6.03. The molecule has 2 aliphatic heterocycles. The summed E-state index contributed by atoms with van der Waals surface area (Å²) in [7, 11) is 0. The summed E-state index contributed by atoms with van der Waals surface area (Å²) in [6.45, 7) is 1.93. The zero-order valence-corrected chi connectivity index (χ0v) is 19.0. The van der Waals surface area contributed by atoms with Gasteiger partial charge in [0.05, 0.1) is 23.4 Å². The van der Waals surface area contributed by atoms with Crippen LogP contribution in [0.1, 0.15) is 22.6 Å². The Morgan fingerprint density at radius 3 is 2.29 bits per heavy atom. The second kappa shape index (κ2) is 7.67. The minimum atomic E-state index is -0.852. The van der Waals surface area contributed by atoms with E-state index in [2.05, 4.69) is 0 Å². The van der Waals surface area contributed by atoms with Gasteiger partial charge >= 0.3 is 5.97 Å². The SMILES string of the molecule is Cc1ccc2c(c1)OC(=O)[C@@H]1C2=C[C@H](c2ccccc2)[C@@H]2C(=O)N(c3ccc(Cl)cc3)C(=O)[C@@H]12. The molecule has 3 aliphatic rings. The largest absolute Gasteiger partial charge is 0.425 e. The van der Waals surface area contributed by atoms with Crippen LogP contribution in [-0.2, 0) is 14.4 Å². The van der Waals surface area contributed by atoms with E-state index in [0.29, 0.717) is 16.5 Å². The fourth-order valence-corrected chi connectivity index (χ4v) is 5.64. The molecular formula is C28H20ClNO4. The Labute approximate surface area is 201 Å². The van der Waals surface area contributed by atoms with Gasteiger partial charge in [-0.05, 0) is 54.0 Å². The molecule has 3 aromatic rings. The smallest absolute Gasteiger partial charge is 0.319 e. The number of fused-ring (bicyclic) bond motifs is 5. The summed E-state index contributed by atoms with van der Waals surface area (Å²) in [5, 5.41) is 0.508. The summed E-state index contributed by atoms with van der Waals surface area (Å²) in [5.74, 6) is -3.46. The first-order valence-electron chi connectivity index (χ1n) is 11.2. The average molecular weight is 470 g/mol. The molecule has 0 aromatic heterocycles. The Balaban J connectivity index is 1.55. The number of benzene rings is 3. The number of hydrogen-bond donors (Lipinski definition) is 0. The summed E-state index contributed by atoms with van der Waals surface area (Å²) in [6, 6.07) is 22.0. The van der Waals surface area contributed by atoms with Crippen molar-refractivity contribution < 1.29 is 19.1 Å². The monoisotopic (exact) mass is 469 g/mol. The van der Waals surface area contributed by atoms with E-state index >= 15 is 0 Å². The first-order chi connectivity index (χ1) is 16.4. The number of amides is 2. The molecule has 2 heterocycles. The molecule has 6 rings (SSSR count). The molecule has 34 heavy (non-hydrogen) atoms. The van der Waals surface area contributed by atoms with Crippen molar-refractivity contribution in [1.29, 1.82) is 0 Å². The van der Waals surface area contributed by atoms with Crippen LogP contribution in [0.2, 0.25) is 5.02 Å². The number of aryl methyl sites for hydroxylation is 1. The molecule has 1 saturated heterocycles. The number of carbonyl (C=O) groups excluding carboxylic acids is 3. The highest BCUT2D eigenvalue weighted by Gasteiger charge is 2.60. The van der Waals surface area contributed by atoms with Crippen molar-refractivity contribution in [3.8, 4) is 5.75 Å². The van der Waals surface area contributed by atoms with E-state index in [0.717, 1.165) is 22.3 Å². The molecule has 0 saturated carbocycles. The van der Waals surface area contributed by atoms with Crippen molar-refractivity contribution in [1.82, 2.24) is 0 Å². The van der Waals surface area contributed by atoms with Crippen LogP contribution >= 0.6 is 11.6 Å². The maximum Gasteiger partial charge on any atom is 0.319 e. The van der Waals surface area contributed by atoms with Gasteiger partial charge in [0, 0.05) is 16.5 Å². The van der Waals surface area contributed by atoms with E-state index in [4.69, 9.17) is 16.3 Å². The van der Waals surface area contributed by atoms with Crippen LogP contribution in [0.5, 0.6) is 5.75 Å². The highest BCUT2D eigenvalue weighted by molar-refractivity contribution is 6.31. The van der Waals surface area contributed by atoms with Crippen LogP contribution in [0.4, 0.5) is 5.69 Å². The van der Waals surface area contributed by atoms with Crippen molar-refractivity contribution in [3.05, 3.63) is 101 Å². The normalized spacial score (nSPS) is 25.3. The van der Waals surface area contributed by atoms with Gasteiger partial charge in [0.15, 0.2) is 0 Å². The highest BCUT2D eigenvalue weighted by Crippen LogP contribution is 2.54. The van der Waals surface area contributed by atoms with E-state index < -0.39 is 23.7 Å². The quantitative estimate of drug-likeness (QED) is 0.295. The van der Waals surface area contributed by atoms with Crippen molar-refractivity contribution in [3.63, 3.8) is 0 Å². The third-order valence-electron chi connectivity index (χ3n) is 7.02. The lowest BCUT2D eigenvalue weighted by molar-refractivity contribution is -0.142. The maximum atomic E-state index is 13.8. The molecule has 1 fully saturated rings. The number of allylic oxidation sites excluding steroid dienone is 1. The van der Waals surface area contributed by atoms with Crippen molar-refractivity contribution in [2.75, 3.05) is 4.90 Å². The van der Waals surface area contributed by atoms with Crippen LogP contribution in [0.3, 0.4) is 0 Å². The summed E-state index contributed by atoms with van der Waals surface area (Å²) in [4.78, 5) is 42.1. The van der Waals surface area contributed by atoms with E-state index in [1.807, 2.05) is 61.5 Å². The van der Waals surface area contributed by atoms with Gasteiger partial charge in [-0.2, -0.15) is 0 Å². The lowest BCUT2D eigenvalue weighted by atomic mass is 9.64. The molecular weight excluding hydrogens is 450 g/mol. The lowest BCUT2D eigenvalue weighted by Gasteiger charge is -2.38. The van der Waals surface area contributed by atoms with E-state index in [-0.39, 0.29) is 17.7 Å². The number of nitrogens with zero attached hydrogens (tertiary/aromatic N) is 1. The maximum absolute atomic E-state index is 13.8. The zero-order chi connectivity index (χ0) is 23.6. The molecule has 6 heteroatoms. The van der Waals surface area contributed by atoms with Crippen molar-refractivity contribution in [2.45, 2.75) is 12.8 Å². The van der Waals surface area contributed by atoms with E-state index in [9.17, 15) is 14.4 Å². The molecule has 168 valence electrons. The van der Waals surface area contributed by atoms with Crippen molar-refractivity contribution in [2.24, 2.45) is 17.8 Å². The topological polar surface area (TPSA) is 63.7 Å². The minimum absolute atomic E-state index is 0.316. The molecule has 2 amide bonds. The predicted octanol–water partition coefficient (Wildman–Crippen LogP) is 5.17. The van der Waals surface area contributed by atoms with Crippen LogP contribution < -0.4 is 9.64 Å². The Bertz CT molecular complexity index is 1380. The molecule has 0 radical (unpaired) electrons. The summed E-state index contributed by atoms with van der Waals surface area (Å²) < 4.78 is 5.69. The van der Waals surface area contributed by atoms with Crippen LogP contribution in [0.25, 0.3) is 5.57 Å². The number of esters is 1. The number of hydrogen-bond acceptors (Lipinski definition) is 4. The fraction of sp³-hybridized carbons (Fsp3) is 0.179. The number of carbonyl (C=O) groups is 3. The van der Waals surface area contributed by atoms with Gasteiger partial charge in [-0.3, -0.25) is 14.4 Å².